The van der Waals surface area contributed by atoms with Crippen LogP contribution in [0, 0.1) is 5.82 Å². The summed E-state index contributed by atoms with van der Waals surface area (Å²) < 4.78 is 13.6. The van der Waals surface area contributed by atoms with Crippen molar-refractivity contribution in [2.24, 2.45) is 0 Å². The van der Waals surface area contributed by atoms with Crippen LogP contribution in [-0.2, 0) is 11.2 Å². The number of thiocarbonyl (C=S) groups is 1. The number of ketones is 1. The molecule has 25 heavy (non-hydrogen) atoms. The van der Waals surface area contributed by atoms with Crippen LogP contribution in [0.5, 0.6) is 0 Å². The predicted molar refractivity (Wildman–Crippen MR) is 99.1 cm³/mol. The molecular weight excluding hydrogens is 365 g/mol. The smallest absolute Gasteiger partial charge is 0.242 e. The first-order valence-corrected chi connectivity index (χ1v) is 8.05. The number of carbonyl (C=O) groups is 2. The van der Waals surface area contributed by atoms with E-state index in [1.165, 1.54) is 25.1 Å². The van der Waals surface area contributed by atoms with Crippen molar-refractivity contribution >= 4 is 46.3 Å². The zero-order valence-electron chi connectivity index (χ0n) is 13.2. The first-order chi connectivity index (χ1) is 11.9. The van der Waals surface area contributed by atoms with E-state index in [2.05, 4.69) is 16.2 Å². The van der Waals surface area contributed by atoms with E-state index in [1.807, 2.05) is 0 Å². The van der Waals surface area contributed by atoms with Crippen molar-refractivity contribution in [3.8, 4) is 0 Å². The topological polar surface area (TPSA) is 70.2 Å². The highest BCUT2D eigenvalue weighted by atomic mass is 35.5. The van der Waals surface area contributed by atoms with Gasteiger partial charge in [-0.05, 0) is 43.4 Å². The van der Waals surface area contributed by atoms with Crippen molar-refractivity contribution in [3.05, 3.63) is 64.4 Å². The average molecular weight is 380 g/mol. The van der Waals surface area contributed by atoms with E-state index in [0.717, 1.165) is 0 Å². The lowest BCUT2D eigenvalue weighted by Crippen LogP contribution is -2.44. The maximum absolute atomic E-state index is 13.6. The van der Waals surface area contributed by atoms with Gasteiger partial charge in [0.1, 0.15) is 5.82 Å². The molecule has 8 heteroatoms. The van der Waals surface area contributed by atoms with Gasteiger partial charge >= 0.3 is 0 Å². The highest BCUT2D eigenvalue weighted by Crippen LogP contribution is 2.19. The van der Waals surface area contributed by atoms with E-state index in [4.69, 9.17) is 23.8 Å². The highest BCUT2D eigenvalue weighted by molar-refractivity contribution is 7.80. The molecule has 3 N–H and O–H groups in total. The summed E-state index contributed by atoms with van der Waals surface area (Å²) in [6.07, 6.45) is -0.235. The third-order valence-corrected chi connectivity index (χ3v) is 3.80. The number of carbonyl (C=O) groups excluding carboxylic acids is 2. The highest BCUT2D eigenvalue weighted by Gasteiger charge is 2.12. The second-order valence-electron chi connectivity index (χ2n) is 5.14. The molecule has 2 aromatic carbocycles. The van der Waals surface area contributed by atoms with E-state index in [0.29, 0.717) is 11.3 Å². The molecular formula is C17H15ClFN3O2S. The number of nitrogens with one attached hydrogen (secondary N) is 3. The molecule has 0 aromatic heterocycles. The van der Waals surface area contributed by atoms with Crippen molar-refractivity contribution in [1.29, 1.82) is 0 Å². The van der Waals surface area contributed by atoms with Gasteiger partial charge in [0, 0.05) is 21.8 Å². The van der Waals surface area contributed by atoms with Crippen LogP contribution in [0.3, 0.4) is 0 Å². The van der Waals surface area contributed by atoms with Crippen LogP contribution in [0.25, 0.3) is 0 Å². The Bertz CT molecular complexity index is 809. The van der Waals surface area contributed by atoms with Gasteiger partial charge in [-0.2, -0.15) is 0 Å². The van der Waals surface area contributed by atoms with Gasteiger partial charge in [0.15, 0.2) is 10.9 Å². The van der Waals surface area contributed by atoms with E-state index in [9.17, 15) is 14.0 Å². The van der Waals surface area contributed by atoms with Crippen molar-refractivity contribution in [2.45, 2.75) is 13.3 Å². The molecule has 2 aromatic rings. The monoisotopic (exact) mass is 379 g/mol. The number of anilines is 1. The predicted octanol–water partition coefficient (Wildman–Crippen LogP) is 3.24. The summed E-state index contributed by atoms with van der Waals surface area (Å²) in [5, 5.41) is 3.13. The molecule has 0 spiro atoms. The molecule has 0 saturated carbocycles. The van der Waals surface area contributed by atoms with Crippen LogP contribution in [0.15, 0.2) is 42.5 Å². The van der Waals surface area contributed by atoms with Gasteiger partial charge in [-0.3, -0.25) is 20.4 Å². The minimum absolute atomic E-state index is 0.0717. The quantitative estimate of drug-likeness (QED) is 0.432. The van der Waals surface area contributed by atoms with Crippen molar-refractivity contribution in [2.75, 3.05) is 5.32 Å². The third kappa shape index (κ3) is 5.51. The lowest BCUT2D eigenvalue weighted by atomic mass is 10.1. The Balaban J connectivity index is 1.88. The standard InChI is InChI=1S/C17H15ClFN3O2S/c1-10(23)11-4-2-5-12(8-11)20-17(25)22-21-16(24)9-13-14(18)6-3-7-15(13)19/h2-8H,9H2,1H3,(H,21,24)(H2,20,22,25). The van der Waals surface area contributed by atoms with Gasteiger partial charge in [-0.15, -0.1) is 0 Å². The Morgan fingerprint density at radius 1 is 1.16 bits per heavy atom. The summed E-state index contributed by atoms with van der Waals surface area (Å²) in [7, 11) is 0. The summed E-state index contributed by atoms with van der Waals surface area (Å²) in [6.45, 7) is 1.46. The number of benzene rings is 2. The number of rotatable bonds is 4. The SMILES string of the molecule is CC(=O)c1cccc(NC(=S)NNC(=O)Cc2c(F)cccc2Cl)c1. The average Bonchev–Trinajstić information content (AvgIpc) is 2.56. The number of hydrogen-bond donors (Lipinski definition) is 3. The third-order valence-electron chi connectivity index (χ3n) is 3.24. The van der Waals surface area contributed by atoms with Gasteiger partial charge in [0.2, 0.25) is 5.91 Å². The molecule has 0 unspecified atom stereocenters. The summed E-state index contributed by atoms with van der Waals surface area (Å²) >= 11 is 10.9. The molecule has 0 saturated heterocycles. The lowest BCUT2D eigenvalue weighted by Gasteiger charge is -2.12. The minimum Gasteiger partial charge on any atom is -0.331 e. The molecule has 1 amide bonds. The fourth-order valence-corrected chi connectivity index (χ4v) is 2.41. The molecule has 0 atom stereocenters. The number of hydrazine groups is 1. The molecule has 0 fully saturated rings. The summed E-state index contributed by atoms with van der Waals surface area (Å²) in [6, 6.07) is 11.0. The van der Waals surface area contributed by atoms with Gasteiger partial charge in [0.05, 0.1) is 6.42 Å². The van der Waals surface area contributed by atoms with Crippen LogP contribution in [0.4, 0.5) is 10.1 Å². The molecule has 0 aliphatic carbocycles. The number of amides is 1. The maximum Gasteiger partial charge on any atom is 0.242 e. The molecule has 0 radical (unpaired) electrons. The van der Waals surface area contributed by atoms with Crippen molar-refractivity contribution in [3.63, 3.8) is 0 Å². The lowest BCUT2D eigenvalue weighted by molar-refractivity contribution is -0.121. The molecule has 130 valence electrons. The van der Waals surface area contributed by atoms with Crippen LogP contribution < -0.4 is 16.2 Å². The maximum atomic E-state index is 13.6. The fraction of sp³-hybridized carbons (Fsp3) is 0.118. The van der Waals surface area contributed by atoms with E-state index < -0.39 is 11.7 Å². The summed E-state index contributed by atoms with van der Waals surface area (Å²) in [5.41, 5.74) is 6.10. The van der Waals surface area contributed by atoms with E-state index in [-0.39, 0.29) is 27.9 Å². The zero-order chi connectivity index (χ0) is 18.4. The van der Waals surface area contributed by atoms with Gasteiger partial charge in [0.25, 0.3) is 0 Å². The molecule has 0 aliphatic heterocycles. The second-order valence-corrected chi connectivity index (χ2v) is 5.96. The van der Waals surface area contributed by atoms with Crippen molar-refractivity contribution < 1.29 is 14.0 Å². The Labute approximate surface area is 154 Å². The first-order valence-electron chi connectivity index (χ1n) is 7.26. The molecule has 2 rings (SSSR count). The van der Waals surface area contributed by atoms with Crippen LogP contribution in [0.1, 0.15) is 22.8 Å². The van der Waals surface area contributed by atoms with Crippen LogP contribution in [-0.4, -0.2) is 16.8 Å². The summed E-state index contributed by atoms with van der Waals surface area (Å²) in [4.78, 5) is 23.2. The molecule has 5 nitrogen and oxygen atoms in total. The number of Topliss-reactive ketones (excluding diaryl/α,β-unsaturated/α-hetero) is 1. The van der Waals surface area contributed by atoms with Gasteiger partial charge in [-0.1, -0.05) is 29.8 Å². The molecule has 0 heterocycles. The van der Waals surface area contributed by atoms with E-state index >= 15 is 0 Å². The van der Waals surface area contributed by atoms with Crippen LogP contribution >= 0.6 is 23.8 Å². The fourth-order valence-electron chi connectivity index (χ4n) is 2.01. The minimum atomic E-state index is -0.551. The second kappa shape index (κ2) is 8.55. The van der Waals surface area contributed by atoms with E-state index in [1.54, 1.807) is 24.3 Å². The van der Waals surface area contributed by atoms with Crippen LogP contribution in [0.2, 0.25) is 5.02 Å². The Kier molecular flexibility index (Phi) is 6.44. The first kappa shape index (κ1) is 18.8. The number of hydrogen-bond acceptors (Lipinski definition) is 3. The number of halogens is 2. The normalized spacial score (nSPS) is 10.0. The van der Waals surface area contributed by atoms with Gasteiger partial charge < -0.3 is 5.32 Å². The largest absolute Gasteiger partial charge is 0.331 e. The van der Waals surface area contributed by atoms with Gasteiger partial charge in [-0.25, -0.2) is 4.39 Å². The Hall–Kier alpha value is -2.51. The zero-order valence-corrected chi connectivity index (χ0v) is 14.8. The summed E-state index contributed by atoms with van der Waals surface area (Å²) in [5.74, 6) is -1.13. The van der Waals surface area contributed by atoms with Crippen molar-refractivity contribution in [1.82, 2.24) is 10.9 Å². The Morgan fingerprint density at radius 2 is 1.88 bits per heavy atom. The molecule has 0 aliphatic rings. The Morgan fingerprint density at radius 3 is 2.56 bits per heavy atom. The molecule has 0 bridgehead atoms.